The van der Waals surface area contributed by atoms with E-state index in [0.717, 1.165) is 36.3 Å². The van der Waals surface area contributed by atoms with Crippen LogP contribution in [-0.4, -0.2) is 35.5 Å². The summed E-state index contributed by atoms with van der Waals surface area (Å²) in [7, 11) is 0. The molecule has 0 aromatic heterocycles. The van der Waals surface area contributed by atoms with Crippen LogP contribution >= 0.6 is 0 Å². The summed E-state index contributed by atoms with van der Waals surface area (Å²) in [4.78, 5) is 27.0. The summed E-state index contributed by atoms with van der Waals surface area (Å²) in [5.74, 6) is 0.472. The lowest BCUT2D eigenvalue weighted by Gasteiger charge is -2.32. The van der Waals surface area contributed by atoms with Crippen LogP contribution in [0.15, 0.2) is 23.3 Å². The highest BCUT2D eigenvalue weighted by Gasteiger charge is 2.30. The third-order valence-corrected chi connectivity index (χ3v) is 4.82. The SMILES string of the molecule is Cc1ccc(C)c(N2N=C(C(=O)N3CCC[C@@H](C)C3)CCC2=O)c1. The molecule has 0 spiro atoms. The first kappa shape index (κ1) is 16.7. The third-order valence-electron chi connectivity index (χ3n) is 4.82. The number of hydrogen-bond donors (Lipinski definition) is 0. The van der Waals surface area contributed by atoms with Crippen molar-refractivity contribution in [1.29, 1.82) is 0 Å². The molecule has 2 aliphatic heterocycles. The van der Waals surface area contributed by atoms with Gasteiger partial charge in [-0.05, 0) is 49.8 Å². The first-order valence-electron chi connectivity index (χ1n) is 8.72. The lowest BCUT2D eigenvalue weighted by molar-refractivity contribution is -0.126. The van der Waals surface area contributed by atoms with Gasteiger partial charge in [0.05, 0.1) is 5.69 Å². The fourth-order valence-corrected chi connectivity index (χ4v) is 3.40. The van der Waals surface area contributed by atoms with Gasteiger partial charge in [-0.2, -0.15) is 5.10 Å². The molecule has 128 valence electrons. The molecule has 3 rings (SSSR count). The largest absolute Gasteiger partial charge is 0.337 e. The normalized spacial score (nSPS) is 21.7. The van der Waals surface area contributed by atoms with Crippen molar-refractivity contribution in [1.82, 2.24) is 4.90 Å². The van der Waals surface area contributed by atoms with Crippen molar-refractivity contribution in [2.24, 2.45) is 11.0 Å². The van der Waals surface area contributed by atoms with Crippen LogP contribution in [0.1, 0.15) is 43.7 Å². The molecule has 1 atom stereocenters. The summed E-state index contributed by atoms with van der Waals surface area (Å²) >= 11 is 0. The molecule has 5 heteroatoms. The molecule has 24 heavy (non-hydrogen) atoms. The number of amides is 2. The van der Waals surface area contributed by atoms with Crippen LogP contribution < -0.4 is 5.01 Å². The van der Waals surface area contributed by atoms with Gasteiger partial charge >= 0.3 is 0 Å². The van der Waals surface area contributed by atoms with Crippen molar-refractivity contribution >= 4 is 23.2 Å². The maximum absolute atomic E-state index is 12.8. The summed E-state index contributed by atoms with van der Waals surface area (Å²) in [6.45, 7) is 7.70. The van der Waals surface area contributed by atoms with Gasteiger partial charge in [-0.15, -0.1) is 0 Å². The number of piperidine rings is 1. The van der Waals surface area contributed by atoms with E-state index >= 15 is 0 Å². The second-order valence-corrected chi connectivity index (χ2v) is 7.04. The topological polar surface area (TPSA) is 53.0 Å². The van der Waals surface area contributed by atoms with Crippen molar-refractivity contribution in [2.45, 2.75) is 46.5 Å². The predicted molar refractivity (Wildman–Crippen MR) is 95.0 cm³/mol. The van der Waals surface area contributed by atoms with Crippen LogP contribution in [0.5, 0.6) is 0 Å². The Morgan fingerprint density at radius 2 is 2.04 bits per heavy atom. The number of carbonyl (C=O) groups is 2. The predicted octanol–water partition coefficient (Wildman–Crippen LogP) is 3.04. The fourth-order valence-electron chi connectivity index (χ4n) is 3.40. The Morgan fingerprint density at radius 3 is 2.79 bits per heavy atom. The molecule has 1 saturated heterocycles. The summed E-state index contributed by atoms with van der Waals surface area (Å²) in [6.07, 6.45) is 2.98. The molecule has 5 nitrogen and oxygen atoms in total. The minimum Gasteiger partial charge on any atom is -0.337 e. The van der Waals surface area contributed by atoms with Crippen LogP contribution in [-0.2, 0) is 9.59 Å². The van der Waals surface area contributed by atoms with Crippen molar-refractivity contribution in [3.05, 3.63) is 29.3 Å². The van der Waals surface area contributed by atoms with Crippen molar-refractivity contribution in [3.8, 4) is 0 Å². The van der Waals surface area contributed by atoms with Gasteiger partial charge in [0.15, 0.2) is 0 Å². The van der Waals surface area contributed by atoms with Crippen LogP contribution in [0.2, 0.25) is 0 Å². The van der Waals surface area contributed by atoms with Gasteiger partial charge in [0, 0.05) is 25.9 Å². The molecule has 0 N–H and O–H groups in total. The zero-order valence-corrected chi connectivity index (χ0v) is 14.7. The van der Waals surface area contributed by atoms with Gasteiger partial charge in [-0.1, -0.05) is 19.1 Å². The number of aryl methyl sites for hydroxylation is 2. The van der Waals surface area contributed by atoms with E-state index in [1.54, 1.807) is 0 Å². The molecule has 0 unspecified atom stereocenters. The van der Waals surface area contributed by atoms with Gasteiger partial charge in [0.2, 0.25) is 5.91 Å². The van der Waals surface area contributed by atoms with E-state index in [-0.39, 0.29) is 11.8 Å². The Hall–Kier alpha value is -2.17. The summed E-state index contributed by atoms with van der Waals surface area (Å²) in [6, 6.07) is 5.95. The van der Waals surface area contributed by atoms with E-state index in [9.17, 15) is 9.59 Å². The molecular weight excluding hydrogens is 302 g/mol. The highest BCUT2D eigenvalue weighted by atomic mass is 16.2. The Balaban J connectivity index is 1.88. The molecule has 0 aliphatic carbocycles. The van der Waals surface area contributed by atoms with Gasteiger partial charge in [-0.3, -0.25) is 9.59 Å². The average Bonchev–Trinajstić information content (AvgIpc) is 2.57. The van der Waals surface area contributed by atoms with E-state index < -0.39 is 0 Å². The molecule has 2 amide bonds. The van der Waals surface area contributed by atoms with Gasteiger partial charge < -0.3 is 4.90 Å². The highest BCUT2D eigenvalue weighted by Crippen LogP contribution is 2.26. The average molecular weight is 327 g/mol. The monoisotopic (exact) mass is 327 g/mol. The van der Waals surface area contributed by atoms with Gasteiger partial charge in [-0.25, -0.2) is 5.01 Å². The molecule has 0 bridgehead atoms. The third kappa shape index (κ3) is 3.35. The Morgan fingerprint density at radius 1 is 1.25 bits per heavy atom. The molecule has 1 aromatic rings. The van der Waals surface area contributed by atoms with E-state index in [1.807, 2.05) is 36.9 Å². The minimum atomic E-state index is -0.0488. The minimum absolute atomic E-state index is 0.00986. The first-order valence-corrected chi connectivity index (χ1v) is 8.72. The van der Waals surface area contributed by atoms with Crippen molar-refractivity contribution in [3.63, 3.8) is 0 Å². The zero-order chi connectivity index (χ0) is 17.3. The highest BCUT2D eigenvalue weighted by molar-refractivity contribution is 6.40. The number of carbonyl (C=O) groups excluding carboxylic acids is 2. The van der Waals surface area contributed by atoms with E-state index in [4.69, 9.17) is 0 Å². The van der Waals surface area contributed by atoms with Crippen molar-refractivity contribution in [2.75, 3.05) is 18.1 Å². The lowest BCUT2D eigenvalue weighted by atomic mass is 9.99. The summed E-state index contributed by atoms with van der Waals surface area (Å²) in [5, 5.41) is 5.87. The molecule has 1 fully saturated rings. The Labute approximate surface area is 143 Å². The molecule has 0 saturated carbocycles. The molecule has 2 heterocycles. The number of rotatable bonds is 2. The Bertz CT molecular complexity index is 696. The molecule has 0 radical (unpaired) electrons. The zero-order valence-electron chi connectivity index (χ0n) is 14.7. The fraction of sp³-hybridized carbons (Fsp3) is 0.526. The number of anilines is 1. The number of likely N-dealkylation sites (tertiary alicyclic amines) is 1. The van der Waals surface area contributed by atoms with E-state index in [2.05, 4.69) is 12.0 Å². The van der Waals surface area contributed by atoms with Crippen LogP contribution in [0.4, 0.5) is 5.69 Å². The summed E-state index contributed by atoms with van der Waals surface area (Å²) < 4.78 is 0. The Kier molecular flexibility index (Phi) is 4.69. The second kappa shape index (κ2) is 6.75. The molecule has 1 aromatic carbocycles. The van der Waals surface area contributed by atoms with E-state index in [1.165, 1.54) is 11.4 Å². The number of nitrogens with zero attached hydrogens (tertiary/aromatic N) is 3. The lowest BCUT2D eigenvalue weighted by Crippen LogP contribution is -2.45. The van der Waals surface area contributed by atoms with Crippen LogP contribution in [0.3, 0.4) is 0 Å². The molecule has 2 aliphatic rings. The van der Waals surface area contributed by atoms with Gasteiger partial charge in [0.1, 0.15) is 5.71 Å². The van der Waals surface area contributed by atoms with E-state index in [0.29, 0.717) is 24.5 Å². The van der Waals surface area contributed by atoms with Gasteiger partial charge in [0.25, 0.3) is 5.91 Å². The number of benzene rings is 1. The summed E-state index contributed by atoms with van der Waals surface area (Å²) in [5.41, 5.74) is 3.33. The second-order valence-electron chi connectivity index (χ2n) is 7.04. The van der Waals surface area contributed by atoms with Crippen LogP contribution in [0.25, 0.3) is 0 Å². The van der Waals surface area contributed by atoms with Crippen molar-refractivity contribution < 1.29 is 9.59 Å². The standard InChI is InChI=1S/C19H25N3O2/c1-13-6-7-15(3)17(11-13)22-18(23)9-8-16(20-22)19(24)21-10-4-5-14(2)12-21/h6-7,11,14H,4-5,8-10,12H2,1-3H3/t14-/m1/s1. The smallest absolute Gasteiger partial charge is 0.270 e. The number of hydrogen-bond acceptors (Lipinski definition) is 3. The number of hydrazone groups is 1. The van der Waals surface area contributed by atoms with Crippen LogP contribution in [0, 0.1) is 19.8 Å². The quantitative estimate of drug-likeness (QED) is 0.838. The first-order chi connectivity index (χ1) is 11.5. The maximum Gasteiger partial charge on any atom is 0.270 e. The molecular formula is C19H25N3O2. The maximum atomic E-state index is 12.8.